The topological polar surface area (TPSA) is 29.3 Å². The molecule has 0 amide bonds. The van der Waals surface area contributed by atoms with Crippen LogP contribution in [0.4, 0.5) is 17.1 Å². The van der Waals surface area contributed by atoms with Crippen LogP contribution in [0.15, 0.2) is 211 Å². The molecule has 0 spiro atoms. The highest BCUT2D eigenvalue weighted by atomic mass is 16.3. The summed E-state index contributed by atoms with van der Waals surface area (Å²) < 4.78 is 6.41. The Morgan fingerprint density at radius 1 is 0.339 bits per heavy atom. The van der Waals surface area contributed by atoms with Gasteiger partial charge in [-0.05, 0) is 133 Å². The van der Waals surface area contributed by atoms with Crippen molar-refractivity contribution in [1.82, 2.24) is 4.98 Å². The summed E-state index contributed by atoms with van der Waals surface area (Å²) in [6, 6.07) is 69.9. The Balaban J connectivity index is 1.05. The van der Waals surface area contributed by atoms with Gasteiger partial charge >= 0.3 is 0 Å². The lowest BCUT2D eigenvalue weighted by Gasteiger charge is -2.26. The highest BCUT2D eigenvalue weighted by Crippen LogP contribution is 2.42. The van der Waals surface area contributed by atoms with E-state index in [1.807, 2.05) is 18.5 Å². The van der Waals surface area contributed by atoms with Crippen molar-refractivity contribution in [3.63, 3.8) is 0 Å². The van der Waals surface area contributed by atoms with Gasteiger partial charge in [-0.1, -0.05) is 121 Å². The molecule has 11 rings (SSSR count). The molecule has 9 aromatic carbocycles. The van der Waals surface area contributed by atoms with E-state index in [1.54, 1.807) is 0 Å². The van der Waals surface area contributed by atoms with Gasteiger partial charge < -0.3 is 9.32 Å². The van der Waals surface area contributed by atoms with Gasteiger partial charge in [-0.2, -0.15) is 0 Å². The number of hydrogen-bond donors (Lipinski definition) is 0. The first-order valence-electron chi connectivity index (χ1n) is 19.0. The third-order valence-corrected chi connectivity index (χ3v) is 11.1. The van der Waals surface area contributed by atoms with E-state index in [-0.39, 0.29) is 0 Å². The summed E-state index contributed by atoms with van der Waals surface area (Å²) in [7, 11) is 0. The van der Waals surface area contributed by atoms with Gasteiger partial charge in [0, 0.05) is 45.6 Å². The monoisotopic (exact) mass is 714 g/mol. The molecular formula is C53H34N2O. The minimum atomic E-state index is 0.860. The maximum atomic E-state index is 6.41. The average Bonchev–Trinajstić information content (AvgIpc) is 3.62. The smallest absolute Gasteiger partial charge is 0.136 e. The summed E-state index contributed by atoms with van der Waals surface area (Å²) in [6.07, 6.45) is 3.74. The Kier molecular flexibility index (Phi) is 7.49. The molecule has 0 aliphatic carbocycles. The Morgan fingerprint density at radius 2 is 0.982 bits per heavy atom. The van der Waals surface area contributed by atoms with Crippen molar-refractivity contribution < 1.29 is 4.42 Å². The van der Waals surface area contributed by atoms with Crippen molar-refractivity contribution in [2.45, 2.75) is 0 Å². The van der Waals surface area contributed by atoms with Gasteiger partial charge in [-0.25, -0.2) is 0 Å². The minimum absolute atomic E-state index is 0.860. The second-order valence-corrected chi connectivity index (χ2v) is 14.4. The molecular weight excluding hydrogens is 681 g/mol. The van der Waals surface area contributed by atoms with E-state index < -0.39 is 0 Å². The maximum Gasteiger partial charge on any atom is 0.136 e. The number of hydrogen-bond acceptors (Lipinski definition) is 3. The van der Waals surface area contributed by atoms with Gasteiger partial charge in [-0.3, -0.25) is 4.98 Å². The standard InChI is InChI=1S/C53H34N2O/c1-2-9-35(10-3-1)41-29-40-12-5-7-15-48(40)49(30-41)38-19-23-44(24-20-38)55(43-21-17-37(18-22-43)47-16-8-13-36-11-4-6-14-46(36)47)45-25-26-52-51(33-45)50-31-42-34-54-28-27-39(42)32-53(50)56-52/h1-34H. The van der Waals surface area contributed by atoms with Crippen LogP contribution in [0.25, 0.3) is 87.6 Å². The molecule has 2 heterocycles. The molecule has 0 saturated carbocycles. The summed E-state index contributed by atoms with van der Waals surface area (Å²) in [5.74, 6) is 0. The number of nitrogens with zero attached hydrogens (tertiary/aromatic N) is 2. The van der Waals surface area contributed by atoms with E-state index in [9.17, 15) is 0 Å². The molecule has 0 atom stereocenters. The lowest BCUT2D eigenvalue weighted by Crippen LogP contribution is -2.09. The number of aromatic nitrogens is 1. The Labute approximate surface area is 324 Å². The fraction of sp³-hybridized carbons (Fsp3) is 0. The van der Waals surface area contributed by atoms with E-state index >= 15 is 0 Å². The van der Waals surface area contributed by atoms with E-state index in [0.717, 1.165) is 49.8 Å². The van der Waals surface area contributed by atoms with Crippen LogP contribution in [0.1, 0.15) is 0 Å². The number of benzene rings is 9. The van der Waals surface area contributed by atoms with Crippen LogP contribution in [0.2, 0.25) is 0 Å². The number of furan rings is 1. The molecule has 0 aliphatic heterocycles. The van der Waals surface area contributed by atoms with Crippen molar-refractivity contribution in [3.05, 3.63) is 207 Å². The maximum absolute atomic E-state index is 6.41. The van der Waals surface area contributed by atoms with Crippen molar-refractivity contribution in [2.75, 3.05) is 4.90 Å². The third-order valence-electron chi connectivity index (χ3n) is 11.1. The zero-order chi connectivity index (χ0) is 37.0. The second kappa shape index (κ2) is 13.1. The van der Waals surface area contributed by atoms with Gasteiger partial charge in [0.1, 0.15) is 11.2 Å². The number of rotatable bonds is 6. The lowest BCUT2D eigenvalue weighted by atomic mass is 9.93. The van der Waals surface area contributed by atoms with E-state index in [1.165, 1.54) is 54.9 Å². The van der Waals surface area contributed by atoms with Crippen LogP contribution in [0, 0.1) is 0 Å². The summed E-state index contributed by atoms with van der Waals surface area (Å²) in [5, 5.41) is 9.30. The van der Waals surface area contributed by atoms with Gasteiger partial charge in [-0.15, -0.1) is 0 Å². The molecule has 0 aliphatic rings. The number of fused-ring (bicyclic) bond motifs is 6. The van der Waals surface area contributed by atoms with Crippen molar-refractivity contribution in [1.29, 1.82) is 0 Å². The highest BCUT2D eigenvalue weighted by molar-refractivity contribution is 6.11. The van der Waals surface area contributed by atoms with Crippen LogP contribution < -0.4 is 4.90 Å². The first-order valence-corrected chi connectivity index (χ1v) is 19.0. The SMILES string of the molecule is c1ccc(-c2cc(-c3ccc(N(c4ccc(-c5cccc6ccccc56)cc4)c4ccc5oc6cc7ccncc7cc6c5c4)cc3)c3ccccc3c2)cc1. The van der Waals surface area contributed by atoms with Crippen molar-refractivity contribution in [3.8, 4) is 33.4 Å². The molecule has 2 aromatic heterocycles. The van der Waals surface area contributed by atoms with E-state index in [2.05, 4.69) is 198 Å². The highest BCUT2D eigenvalue weighted by Gasteiger charge is 2.18. The predicted molar refractivity (Wildman–Crippen MR) is 235 cm³/mol. The number of anilines is 3. The van der Waals surface area contributed by atoms with Gasteiger partial charge in [0.15, 0.2) is 0 Å². The fourth-order valence-electron chi connectivity index (χ4n) is 8.34. The van der Waals surface area contributed by atoms with Gasteiger partial charge in [0.2, 0.25) is 0 Å². The quantitative estimate of drug-likeness (QED) is 0.172. The summed E-state index contributed by atoms with van der Waals surface area (Å²) in [5.41, 5.74) is 12.1. The van der Waals surface area contributed by atoms with Crippen LogP contribution in [0.5, 0.6) is 0 Å². The molecule has 0 radical (unpaired) electrons. The second-order valence-electron chi connectivity index (χ2n) is 14.4. The molecule has 262 valence electrons. The Bertz CT molecular complexity index is 3230. The van der Waals surface area contributed by atoms with Gasteiger partial charge in [0.25, 0.3) is 0 Å². The summed E-state index contributed by atoms with van der Waals surface area (Å²) in [6.45, 7) is 0. The minimum Gasteiger partial charge on any atom is -0.456 e. The van der Waals surface area contributed by atoms with Crippen LogP contribution >= 0.6 is 0 Å². The zero-order valence-corrected chi connectivity index (χ0v) is 30.4. The molecule has 11 aromatic rings. The average molecular weight is 715 g/mol. The van der Waals surface area contributed by atoms with E-state index in [4.69, 9.17) is 4.42 Å². The van der Waals surface area contributed by atoms with Gasteiger partial charge in [0.05, 0.1) is 0 Å². The molecule has 3 nitrogen and oxygen atoms in total. The third kappa shape index (κ3) is 5.49. The molecule has 56 heavy (non-hydrogen) atoms. The first-order chi connectivity index (χ1) is 27.7. The van der Waals surface area contributed by atoms with Crippen LogP contribution in [0.3, 0.4) is 0 Å². The normalized spacial score (nSPS) is 11.6. The van der Waals surface area contributed by atoms with Crippen molar-refractivity contribution in [2.24, 2.45) is 0 Å². The van der Waals surface area contributed by atoms with Crippen molar-refractivity contribution >= 4 is 71.3 Å². The Morgan fingerprint density at radius 3 is 1.77 bits per heavy atom. The predicted octanol–water partition coefficient (Wildman–Crippen LogP) is 14.9. The van der Waals surface area contributed by atoms with E-state index in [0.29, 0.717) is 0 Å². The zero-order valence-electron chi connectivity index (χ0n) is 30.4. The largest absolute Gasteiger partial charge is 0.456 e. The van der Waals surface area contributed by atoms with Crippen LogP contribution in [-0.2, 0) is 0 Å². The summed E-state index contributed by atoms with van der Waals surface area (Å²) >= 11 is 0. The summed E-state index contributed by atoms with van der Waals surface area (Å²) in [4.78, 5) is 6.73. The Hall–Kier alpha value is -7.49. The molecule has 0 N–H and O–H groups in total. The van der Waals surface area contributed by atoms with Crippen LogP contribution in [-0.4, -0.2) is 4.98 Å². The molecule has 0 unspecified atom stereocenters. The number of pyridine rings is 1. The fourth-order valence-corrected chi connectivity index (χ4v) is 8.34. The molecule has 3 heteroatoms. The lowest BCUT2D eigenvalue weighted by molar-refractivity contribution is 0.669. The molecule has 0 saturated heterocycles. The molecule has 0 fully saturated rings. The first kappa shape index (κ1) is 32.0. The molecule has 0 bridgehead atoms.